The van der Waals surface area contributed by atoms with E-state index in [-0.39, 0.29) is 18.1 Å². The van der Waals surface area contributed by atoms with E-state index < -0.39 is 4.92 Å². The maximum atomic E-state index is 11.9. The summed E-state index contributed by atoms with van der Waals surface area (Å²) in [6, 6.07) is 4.78. The normalized spacial score (nSPS) is 10.3. The van der Waals surface area contributed by atoms with Gasteiger partial charge in [0.25, 0.3) is 0 Å². The summed E-state index contributed by atoms with van der Waals surface area (Å²) in [7, 11) is 0. The van der Waals surface area contributed by atoms with E-state index in [1.54, 1.807) is 12.1 Å². The zero-order valence-corrected chi connectivity index (χ0v) is 11.5. The number of rotatable bonds is 8. The predicted octanol–water partition coefficient (Wildman–Crippen LogP) is 4.01. The molecule has 1 aromatic carbocycles. The van der Waals surface area contributed by atoms with Crippen molar-refractivity contribution in [3.63, 3.8) is 0 Å². The molecule has 4 nitrogen and oxygen atoms in total. The Labute approximate surface area is 113 Å². The Hall–Kier alpha value is -1.17. The van der Waals surface area contributed by atoms with E-state index in [4.69, 9.17) is 4.74 Å². The predicted molar refractivity (Wildman–Crippen MR) is 71.0 cm³/mol. The minimum Gasteiger partial charge on any atom is -0.487 e. The van der Waals surface area contributed by atoms with Crippen molar-refractivity contribution in [2.24, 2.45) is 0 Å². The van der Waals surface area contributed by atoms with Crippen molar-refractivity contribution in [2.45, 2.75) is 24.6 Å². The highest BCUT2D eigenvalue weighted by Crippen LogP contribution is 2.28. The van der Waals surface area contributed by atoms with Crippen LogP contribution in [0.3, 0.4) is 0 Å². The molecule has 0 aliphatic carbocycles. The van der Waals surface area contributed by atoms with E-state index in [0.717, 1.165) is 12.0 Å². The first-order valence-corrected chi connectivity index (χ1v) is 6.83. The number of ether oxygens (including phenoxy) is 1. The number of nitro benzene ring substituents is 1. The molecular formula is C12H15BrFNO3. The van der Waals surface area contributed by atoms with Gasteiger partial charge in [-0.15, -0.1) is 0 Å². The monoisotopic (exact) mass is 319 g/mol. The highest BCUT2D eigenvalue weighted by Gasteiger charge is 2.15. The molecule has 0 bridgehead atoms. The van der Waals surface area contributed by atoms with Crippen LogP contribution in [-0.4, -0.2) is 18.2 Å². The standard InChI is InChI=1S/C12H15BrFNO3/c13-9-10-4-5-11(15(16)17)12(8-10)18-7-3-1-2-6-14/h4-5,8H,1-3,6-7,9H2. The highest BCUT2D eigenvalue weighted by molar-refractivity contribution is 9.08. The summed E-state index contributed by atoms with van der Waals surface area (Å²) in [6.07, 6.45) is 1.93. The van der Waals surface area contributed by atoms with Crippen LogP contribution in [-0.2, 0) is 5.33 Å². The van der Waals surface area contributed by atoms with Gasteiger partial charge >= 0.3 is 5.69 Å². The molecule has 0 aromatic heterocycles. The summed E-state index contributed by atoms with van der Waals surface area (Å²) >= 11 is 3.29. The van der Waals surface area contributed by atoms with Crippen molar-refractivity contribution in [1.29, 1.82) is 0 Å². The summed E-state index contributed by atoms with van der Waals surface area (Å²) < 4.78 is 17.3. The highest BCUT2D eigenvalue weighted by atomic mass is 79.9. The van der Waals surface area contributed by atoms with Gasteiger partial charge in [0.15, 0.2) is 5.75 Å². The maximum Gasteiger partial charge on any atom is 0.310 e. The molecule has 6 heteroatoms. The molecule has 0 fully saturated rings. The van der Waals surface area contributed by atoms with Crippen LogP contribution in [0.5, 0.6) is 5.75 Å². The van der Waals surface area contributed by atoms with Crippen molar-refractivity contribution < 1.29 is 14.1 Å². The Morgan fingerprint density at radius 1 is 1.33 bits per heavy atom. The van der Waals surface area contributed by atoms with Crippen LogP contribution in [0.1, 0.15) is 24.8 Å². The molecule has 0 aliphatic heterocycles. The number of halogens is 2. The number of benzene rings is 1. The maximum absolute atomic E-state index is 11.9. The van der Waals surface area contributed by atoms with Crippen molar-refractivity contribution >= 4 is 21.6 Å². The Kier molecular flexibility index (Phi) is 6.64. The van der Waals surface area contributed by atoms with Crippen LogP contribution in [0.25, 0.3) is 0 Å². The molecule has 0 N–H and O–H groups in total. The van der Waals surface area contributed by atoms with E-state index in [0.29, 0.717) is 24.8 Å². The van der Waals surface area contributed by atoms with Crippen LogP contribution in [0.4, 0.5) is 10.1 Å². The van der Waals surface area contributed by atoms with E-state index >= 15 is 0 Å². The molecule has 1 rings (SSSR count). The molecule has 0 saturated heterocycles. The fraction of sp³-hybridized carbons (Fsp3) is 0.500. The number of unbranched alkanes of at least 4 members (excludes halogenated alkanes) is 2. The second kappa shape index (κ2) is 8.02. The number of hydrogen-bond donors (Lipinski definition) is 0. The Bertz CT molecular complexity index is 401. The zero-order chi connectivity index (χ0) is 13.4. The summed E-state index contributed by atoms with van der Waals surface area (Å²) in [4.78, 5) is 10.4. The topological polar surface area (TPSA) is 52.4 Å². The molecule has 0 aliphatic rings. The largest absolute Gasteiger partial charge is 0.487 e. The number of alkyl halides is 2. The second-order valence-electron chi connectivity index (χ2n) is 3.79. The third-order valence-electron chi connectivity index (χ3n) is 2.41. The lowest BCUT2D eigenvalue weighted by atomic mass is 10.2. The molecule has 18 heavy (non-hydrogen) atoms. The van der Waals surface area contributed by atoms with Gasteiger partial charge in [0.1, 0.15) is 0 Å². The van der Waals surface area contributed by atoms with Crippen molar-refractivity contribution in [1.82, 2.24) is 0 Å². The molecule has 0 spiro atoms. The number of nitrogens with zero attached hydrogens (tertiary/aromatic N) is 1. The lowest BCUT2D eigenvalue weighted by Crippen LogP contribution is -2.01. The summed E-state index contributed by atoms with van der Waals surface area (Å²) in [5.74, 6) is 0.275. The fourth-order valence-electron chi connectivity index (χ4n) is 1.46. The van der Waals surface area contributed by atoms with Gasteiger partial charge in [-0.25, -0.2) is 0 Å². The van der Waals surface area contributed by atoms with Gasteiger partial charge in [0, 0.05) is 11.4 Å². The van der Waals surface area contributed by atoms with Gasteiger partial charge in [-0.1, -0.05) is 22.0 Å². The van der Waals surface area contributed by atoms with Crippen LogP contribution in [0.15, 0.2) is 18.2 Å². The van der Waals surface area contributed by atoms with Gasteiger partial charge in [0.2, 0.25) is 0 Å². The third kappa shape index (κ3) is 4.60. The van der Waals surface area contributed by atoms with Crippen LogP contribution in [0, 0.1) is 10.1 Å². The molecule has 0 heterocycles. The Morgan fingerprint density at radius 3 is 2.72 bits per heavy atom. The van der Waals surface area contributed by atoms with Crippen molar-refractivity contribution in [2.75, 3.05) is 13.3 Å². The van der Waals surface area contributed by atoms with Crippen molar-refractivity contribution in [3.8, 4) is 5.75 Å². The molecule has 0 atom stereocenters. The second-order valence-corrected chi connectivity index (χ2v) is 4.35. The Morgan fingerprint density at radius 2 is 2.11 bits per heavy atom. The molecule has 0 amide bonds. The quantitative estimate of drug-likeness (QED) is 0.315. The van der Waals surface area contributed by atoms with Gasteiger partial charge in [0.05, 0.1) is 18.2 Å². The zero-order valence-electron chi connectivity index (χ0n) is 9.90. The van der Waals surface area contributed by atoms with Crippen LogP contribution < -0.4 is 4.74 Å². The van der Waals surface area contributed by atoms with Crippen LogP contribution in [0.2, 0.25) is 0 Å². The molecule has 0 unspecified atom stereocenters. The minimum atomic E-state index is -0.463. The van der Waals surface area contributed by atoms with Crippen molar-refractivity contribution in [3.05, 3.63) is 33.9 Å². The minimum absolute atomic E-state index is 0.0369. The third-order valence-corrected chi connectivity index (χ3v) is 3.06. The van der Waals surface area contributed by atoms with Gasteiger partial charge < -0.3 is 4.74 Å². The first-order valence-electron chi connectivity index (χ1n) is 5.71. The average Bonchev–Trinajstić information content (AvgIpc) is 2.38. The number of hydrogen-bond acceptors (Lipinski definition) is 3. The Balaban J connectivity index is 2.63. The molecule has 1 aromatic rings. The van der Waals surface area contributed by atoms with Gasteiger partial charge in [-0.3, -0.25) is 14.5 Å². The molecule has 100 valence electrons. The summed E-state index contributed by atoms with van der Waals surface area (Å²) in [5, 5.41) is 11.4. The van der Waals surface area contributed by atoms with E-state index in [2.05, 4.69) is 15.9 Å². The first-order chi connectivity index (χ1) is 8.69. The van der Waals surface area contributed by atoms with E-state index in [1.807, 2.05) is 0 Å². The molecule has 0 radical (unpaired) electrons. The van der Waals surface area contributed by atoms with Gasteiger partial charge in [-0.2, -0.15) is 0 Å². The van der Waals surface area contributed by atoms with Crippen LogP contribution >= 0.6 is 15.9 Å². The molecule has 0 saturated carbocycles. The fourth-order valence-corrected chi connectivity index (χ4v) is 1.81. The van der Waals surface area contributed by atoms with Gasteiger partial charge in [-0.05, 0) is 30.9 Å². The SMILES string of the molecule is O=[N+]([O-])c1ccc(CBr)cc1OCCCCCF. The van der Waals surface area contributed by atoms with E-state index in [1.165, 1.54) is 6.07 Å². The first kappa shape index (κ1) is 14.9. The molecular weight excluding hydrogens is 305 g/mol. The lowest BCUT2D eigenvalue weighted by molar-refractivity contribution is -0.385. The van der Waals surface area contributed by atoms with E-state index in [9.17, 15) is 14.5 Å². The summed E-state index contributed by atoms with van der Waals surface area (Å²) in [5.41, 5.74) is 0.879. The summed E-state index contributed by atoms with van der Waals surface area (Å²) in [6.45, 7) is 0.0335. The number of nitro groups is 1. The lowest BCUT2D eigenvalue weighted by Gasteiger charge is -2.07. The smallest absolute Gasteiger partial charge is 0.310 e. The average molecular weight is 320 g/mol.